The minimum Gasteiger partial charge on any atom is -0.379 e. The molecule has 0 amide bonds. The van der Waals surface area contributed by atoms with Gasteiger partial charge in [-0.1, -0.05) is 12.1 Å². The molecule has 0 spiro atoms. The average molecular weight is 244 g/mol. The molecule has 0 saturated carbocycles. The third-order valence-corrected chi connectivity index (χ3v) is 2.50. The molecule has 4 heteroatoms. The number of benzene rings is 2. The molecular weight excluding hydrogens is 234 g/mol. The minimum atomic E-state index is -0.622. The van der Waals surface area contributed by atoms with Gasteiger partial charge in [-0.2, -0.15) is 5.26 Å². The second kappa shape index (κ2) is 5.28. The number of halogens is 2. The minimum absolute atomic E-state index is 0.251. The van der Waals surface area contributed by atoms with Crippen LogP contribution in [-0.2, 0) is 6.54 Å². The predicted molar refractivity (Wildman–Crippen MR) is 64.8 cm³/mol. The first-order valence-corrected chi connectivity index (χ1v) is 5.37. The largest absolute Gasteiger partial charge is 0.379 e. The lowest BCUT2D eigenvalue weighted by atomic mass is 10.1. The first-order chi connectivity index (χ1) is 8.69. The standard InChI is InChI=1S/C14H10F2N2/c15-12-5-6-14(13(16)7-12)18-9-11-3-1-10(8-17)2-4-11/h1-7,18H,9H2. The molecule has 1 N–H and O–H groups in total. The molecule has 2 rings (SSSR count). The molecule has 2 aromatic rings. The Morgan fingerprint density at radius 3 is 2.39 bits per heavy atom. The zero-order valence-corrected chi connectivity index (χ0v) is 9.45. The van der Waals surface area contributed by atoms with E-state index >= 15 is 0 Å². The number of nitrogens with one attached hydrogen (secondary N) is 1. The maximum atomic E-state index is 13.3. The Morgan fingerprint density at radius 2 is 1.78 bits per heavy atom. The quantitative estimate of drug-likeness (QED) is 0.897. The van der Waals surface area contributed by atoms with Crippen molar-refractivity contribution in [1.29, 1.82) is 5.26 Å². The molecule has 90 valence electrons. The van der Waals surface area contributed by atoms with Gasteiger partial charge >= 0.3 is 0 Å². The second-order valence-corrected chi connectivity index (χ2v) is 3.79. The van der Waals surface area contributed by atoms with Crippen molar-refractivity contribution in [2.75, 3.05) is 5.32 Å². The normalized spacial score (nSPS) is 9.83. The average Bonchev–Trinajstić information content (AvgIpc) is 2.38. The van der Waals surface area contributed by atoms with Crippen LogP contribution in [0.15, 0.2) is 42.5 Å². The van der Waals surface area contributed by atoms with E-state index in [0.29, 0.717) is 12.1 Å². The summed E-state index contributed by atoms with van der Waals surface area (Å²) in [5, 5.41) is 11.5. The summed E-state index contributed by atoms with van der Waals surface area (Å²) in [4.78, 5) is 0. The van der Waals surface area contributed by atoms with Crippen molar-refractivity contribution in [3.05, 3.63) is 65.2 Å². The van der Waals surface area contributed by atoms with E-state index in [1.165, 1.54) is 12.1 Å². The van der Waals surface area contributed by atoms with Gasteiger partial charge in [-0.15, -0.1) is 0 Å². The summed E-state index contributed by atoms with van der Waals surface area (Å²) in [6.07, 6.45) is 0. The first kappa shape index (κ1) is 12.1. The van der Waals surface area contributed by atoms with Crippen LogP contribution in [0.2, 0.25) is 0 Å². The van der Waals surface area contributed by atoms with Gasteiger partial charge in [-0.25, -0.2) is 8.78 Å². The highest BCUT2D eigenvalue weighted by atomic mass is 19.1. The van der Waals surface area contributed by atoms with Crippen molar-refractivity contribution < 1.29 is 8.78 Å². The van der Waals surface area contributed by atoms with Gasteiger partial charge in [0.25, 0.3) is 0 Å². The highest BCUT2D eigenvalue weighted by molar-refractivity contribution is 5.45. The van der Waals surface area contributed by atoms with Crippen LogP contribution in [0, 0.1) is 23.0 Å². The summed E-state index contributed by atoms with van der Waals surface area (Å²) in [6.45, 7) is 0.411. The van der Waals surface area contributed by atoms with Gasteiger partial charge in [0, 0.05) is 12.6 Å². The van der Waals surface area contributed by atoms with Gasteiger partial charge in [0.05, 0.1) is 17.3 Å². The molecular formula is C14H10F2N2. The third-order valence-electron chi connectivity index (χ3n) is 2.50. The van der Waals surface area contributed by atoms with E-state index in [4.69, 9.17) is 5.26 Å². The molecule has 0 aliphatic carbocycles. The molecule has 0 aromatic heterocycles. The number of rotatable bonds is 3. The van der Waals surface area contributed by atoms with Crippen molar-refractivity contribution in [2.24, 2.45) is 0 Å². The molecule has 0 bridgehead atoms. The first-order valence-electron chi connectivity index (χ1n) is 5.37. The summed E-state index contributed by atoms with van der Waals surface area (Å²) < 4.78 is 26.0. The number of anilines is 1. The predicted octanol–water partition coefficient (Wildman–Crippen LogP) is 3.45. The van der Waals surface area contributed by atoms with Crippen LogP contribution in [0.25, 0.3) is 0 Å². The number of nitriles is 1. The van der Waals surface area contributed by atoms with Crippen molar-refractivity contribution in [2.45, 2.75) is 6.54 Å². The lowest BCUT2D eigenvalue weighted by Crippen LogP contribution is -2.01. The van der Waals surface area contributed by atoms with Crippen LogP contribution < -0.4 is 5.32 Å². The molecule has 18 heavy (non-hydrogen) atoms. The fourth-order valence-electron chi connectivity index (χ4n) is 1.53. The Morgan fingerprint density at radius 1 is 1.06 bits per heavy atom. The Hall–Kier alpha value is -2.41. The number of hydrogen-bond donors (Lipinski definition) is 1. The molecule has 2 aromatic carbocycles. The van der Waals surface area contributed by atoms with Crippen molar-refractivity contribution in [1.82, 2.24) is 0 Å². The highest BCUT2D eigenvalue weighted by Crippen LogP contribution is 2.16. The summed E-state index contributed by atoms with van der Waals surface area (Å²) in [6, 6.07) is 12.4. The molecule has 0 aliphatic rings. The maximum absolute atomic E-state index is 13.3. The summed E-state index contributed by atoms with van der Waals surface area (Å²) in [7, 11) is 0. The van der Waals surface area contributed by atoms with Crippen LogP contribution >= 0.6 is 0 Å². The van der Waals surface area contributed by atoms with Crippen LogP contribution in [0.4, 0.5) is 14.5 Å². The molecule has 0 heterocycles. The summed E-state index contributed by atoms with van der Waals surface area (Å²) in [5.74, 6) is -1.22. The number of nitrogens with zero attached hydrogens (tertiary/aromatic N) is 1. The SMILES string of the molecule is N#Cc1ccc(CNc2ccc(F)cc2F)cc1. The van der Waals surface area contributed by atoms with Crippen LogP contribution in [0.3, 0.4) is 0 Å². The monoisotopic (exact) mass is 244 g/mol. The highest BCUT2D eigenvalue weighted by Gasteiger charge is 2.03. The van der Waals surface area contributed by atoms with Gasteiger partial charge in [-0.05, 0) is 29.8 Å². The molecule has 0 radical (unpaired) electrons. The smallest absolute Gasteiger partial charge is 0.149 e. The van der Waals surface area contributed by atoms with E-state index in [-0.39, 0.29) is 5.69 Å². The molecule has 0 aliphatic heterocycles. The Kier molecular flexibility index (Phi) is 3.54. The van der Waals surface area contributed by atoms with Crippen LogP contribution in [0.1, 0.15) is 11.1 Å². The van der Waals surface area contributed by atoms with Gasteiger partial charge < -0.3 is 5.32 Å². The lowest BCUT2D eigenvalue weighted by molar-refractivity contribution is 0.585. The van der Waals surface area contributed by atoms with E-state index in [9.17, 15) is 8.78 Å². The van der Waals surface area contributed by atoms with Crippen molar-refractivity contribution in [3.8, 4) is 6.07 Å². The Bertz CT molecular complexity index is 586. The summed E-state index contributed by atoms with van der Waals surface area (Å²) >= 11 is 0. The molecule has 2 nitrogen and oxygen atoms in total. The number of hydrogen-bond acceptors (Lipinski definition) is 2. The summed E-state index contributed by atoms with van der Waals surface area (Å²) in [5.41, 5.74) is 1.74. The molecule has 0 fully saturated rings. The maximum Gasteiger partial charge on any atom is 0.149 e. The lowest BCUT2D eigenvalue weighted by Gasteiger charge is -2.07. The van der Waals surface area contributed by atoms with E-state index in [1.54, 1.807) is 24.3 Å². The molecule has 0 saturated heterocycles. The molecule has 0 atom stereocenters. The fourth-order valence-corrected chi connectivity index (χ4v) is 1.53. The van der Waals surface area contributed by atoms with E-state index in [1.807, 2.05) is 6.07 Å². The zero-order valence-electron chi connectivity index (χ0n) is 9.45. The zero-order chi connectivity index (χ0) is 13.0. The Labute approximate surface area is 103 Å². The van der Waals surface area contributed by atoms with Gasteiger partial charge in [-0.3, -0.25) is 0 Å². The van der Waals surface area contributed by atoms with E-state index in [2.05, 4.69) is 5.32 Å². The topological polar surface area (TPSA) is 35.8 Å². The van der Waals surface area contributed by atoms with Gasteiger partial charge in [0.1, 0.15) is 11.6 Å². The fraction of sp³-hybridized carbons (Fsp3) is 0.0714. The second-order valence-electron chi connectivity index (χ2n) is 3.79. The van der Waals surface area contributed by atoms with Crippen molar-refractivity contribution in [3.63, 3.8) is 0 Å². The van der Waals surface area contributed by atoms with Crippen molar-refractivity contribution >= 4 is 5.69 Å². The van der Waals surface area contributed by atoms with Gasteiger partial charge in [0.2, 0.25) is 0 Å². The Balaban J connectivity index is 2.04. The van der Waals surface area contributed by atoms with Crippen LogP contribution in [-0.4, -0.2) is 0 Å². The molecule has 0 unspecified atom stereocenters. The van der Waals surface area contributed by atoms with E-state index < -0.39 is 11.6 Å². The van der Waals surface area contributed by atoms with Crippen LogP contribution in [0.5, 0.6) is 0 Å². The third kappa shape index (κ3) is 2.83. The van der Waals surface area contributed by atoms with Gasteiger partial charge in [0.15, 0.2) is 0 Å². The van der Waals surface area contributed by atoms with E-state index in [0.717, 1.165) is 11.6 Å².